The van der Waals surface area contributed by atoms with E-state index in [0.29, 0.717) is 34.3 Å². The summed E-state index contributed by atoms with van der Waals surface area (Å²) in [6.07, 6.45) is 9.34. The molecule has 34 heavy (non-hydrogen) atoms. The van der Waals surface area contributed by atoms with Crippen LogP contribution in [0.4, 0.5) is 5.82 Å². The van der Waals surface area contributed by atoms with Crippen LogP contribution >= 0.6 is 11.6 Å². The van der Waals surface area contributed by atoms with Crippen LogP contribution in [-0.4, -0.2) is 32.5 Å². The first kappa shape index (κ1) is 21.3. The zero-order valence-corrected chi connectivity index (χ0v) is 19.4. The summed E-state index contributed by atoms with van der Waals surface area (Å²) in [7, 11) is 0. The molecule has 0 spiro atoms. The quantitative estimate of drug-likeness (QED) is 0.371. The van der Waals surface area contributed by atoms with Crippen LogP contribution in [0.2, 0.25) is 5.02 Å². The van der Waals surface area contributed by atoms with Crippen molar-refractivity contribution in [2.75, 3.05) is 5.32 Å². The number of nitrogens with zero attached hydrogens (tertiary/aromatic N) is 3. The Bertz CT molecular complexity index is 1370. The third-order valence-corrected chi connectivity index (χ3v) is 7.30. The van der Waals surface area contributed by atoms with Crippen molar-refractivity contribution < 1.29 is 9.59 Å². The Labute approximate surface area is 201 Å². The maximum Gasteiger partial charge on any atom is 0.254 e. The predicted molar refractivity (Wildman–Crippen MR) is 129 cm³/mol. The van der Waals surface area contributed by atoms with Crippen molar-refractivity contribution in [1.29, 1.82) is 0 Å². The largest absolute Gasteiger partial charge is 0.367 e. The number of benzene rings is 1. The maximum atomic E-state index is 12.1. The van der Waals surface area contributed by atoms with Crippen molar-refractivity contribution in [2.24, 2.45) is 5.73 Å². The molecule has 2 amide bonds. The third kappa shape index (κ3) is 3.86. The summed E-state index contributed by atoms with van der Waals surface area (Å²) >= 11 is 6.67. The second kappa shape index (κ2) is 7.92. The number of fused-ring (bicyclic) bond motifs is 1. The molecule has 3 heterocycles. The molecule has 2 aliphatic carbocycles. The molecule has 6 rings (SSSR count). The zero-order chi connectivity index (χ0) is 23.4. The molecular weight excluding hydrogens is 452 g/mol. The average molecular weight is 477 g/mol. The van der Waals surface area contributed by atoms with Crippen molar-refractivity contribution >= 4 is 41.0 Å². The van der Waals surface area contributed by atoms with Gasteiger partial charge in [-0.1, -0.05) is 23.7 Å². The first-order chi connectivity index (χ1) is 16.4. The normalized spacial score (nSPS) is 20.6. The lowest BCUT2D eigenvalue weighted by molar-refractivity contribution is -0.124. The molecule has 3 fully saturated rings. The van der Waals surface area contributed by atoms with E-state index in [2.05, 4.69) is 21.8 Å². The molecule has 3 aromatic rings. The Balaban J connectivity index is 1.37. The number of carbonyl (C=O) groups is 2. The minimum absolute atomic E-state index is 0.0631. The van der Waals surface area contributed by atoms with E-state index in [9.17, 15) is 9.59 Å². The molecule has 2 saturated carbocycles. The molecule has 2 aromatic heterocycles. The summed E-state index contributed by atoms with van der Waals surface area (Å²) in [6.45, 7) is 0. The van der Waals surface area contributed by atoms with Crippen molar-refractivity contribution in [1.82, 2.24) is 19.9 Å². The van der Waals surface area contributed by atoms with Gasteiger partial charge in [-0.2, -0.15) is 9.61 Å². The number of nitrogens with two attached hydrogens (primary N) is 1. The maximum absolute atomic E-state index is 12.1. The van der Waals surface area contributed by atoms with Gasteiger partial charge in [-0.15, -0.1) is 0 Å². The van der Waals surface area contributed by atoms with Crippen LogP contribution in [0.5, 0.6) is 0 Å². The number of carbonyl (C=O) groups excluding carboxylic acids is 2. The van der Waals surface area contributed by atoms with Gasteiger partial charge in [0.2, 0.25) is 5.91 Å². The SMILES string of the molecule is NC1(c2ccc(Cc3cc(NC4CC4)n4ncc(/C=C5\CC(=O)NC5=O)c4n3)c(Cl)c2)CCC1. The molecule has 174 valence electrons. The number of imide groups is 1. The Kier molecular flexibility index (Phi) is 4.97. The summed E-state index contributed by atoms with van der Waals surface area (Å²) in [5, 5.41) is 11.0. The molecule has 0 bridgehead atoms. The predicted octanol–water partition coefficient (Wildman–Crippen LogP) is 3.32. The third-order valence-electron chi connectivity index (χ3n) is 6.95. The van der Waals surface area contributed by atoms with Gasteiger partial charge in [0, 0.05) is 40.2 Å². The number of nitrogens with one attached hydrogen (secondary N) is 2. The number of amides is 2. The summed E-state index contributed by atoms with van der Waals surface area (Å²) in [4.78, 5) is 28.5. The van der Waals surface area contributed by atoms with E-state index >= 15 is 0 Å². The highest BCUT2D eigenvalue weighted by atomic mass is 35.5. The number of hydrogen-bond donors (Lipinski definition) is 3. The van der Waals surface area contributed by atoms with E-state index < -0.39 is 0 Å². The van der Waals surface area contributed by atoms with Crippen molar-refractivity contribution in [3.8, 4) is 0 Å². The molecule has 3 aliphatic rings. The molecule has 1 aliphatic heterocycles. The number of rotatable bonds is 6. The van der Waals surface area contributed by atoms with Crippen LogP contribution in [0, 0.1) is 0 Å². The van der Waals surface area contributed by atoms with E-state index in [1.54, 1.807) is 16.8 Å². The molecule has 0 unspecified atom stereocenters. The van der Waals surface area contributed by atoms with E-state index in [4.69, 9.17) is 22.3 Å². The Hall–Kier alpha value is -3.23. The second-order valence-electron chi connectivity index (χ2n) is 9.60. The van der Waals surface area contributed by atoms with Crippen molar-refractivity contribution in [3.05, 3.63) is 63.4 Å². The molecule has 4 N–H and O–H groups in total. The van der Waals surface area contributed by atoms with Gasteiger partial charge < -0.3 is 11.1 Å². The van der Waals surface area contributed by atoms with E-state index in [-0.39, 0.29) is 23.8 Å². The monoisotopic (exact) mass is 476 g/mol. The van der Waals surface area contributed by atoms with Gasteiger partial charge >= 0.3 is 0 Å². The van der Waals surface area contributed by atoms with E-state index in [1.165, 1.54) is 0 Å². The molecule has 1 aromatic carbocycles. The van der Waals surface area contributed by atoms with Gasteiger partial charge in [-0.3, -0.25) is 14.9 Å². The highest BCUT2D eigenvalue weighted by Gasteiger charge is 2.34. The lowest BCUT2D eigenvalue weighted by atomic mass is 9.72. The molecule has 8 nitrogen and oxygen atoms in total. The lowest BCUT2D eigenvalue weighted by Crippen LogP contribution is -2.43. The van der Waals surface area contributed by atoms with Gasteiger partial charge in [0.15, 0.2) is 5.65 Å². The highest BCUT2D eigenvalue weighted by Crippen LogP contribution is 2.40. The standard InChI is InChI=1S/C25H25ClN6O2/c26-20-11-17(25(27)6-1-7-25)3-2-14(20)9-19-12-21(29-18-4-5-18)32-23(30-19)16(13-28-32)8-15-10-22(33)31-24(15)34/h2-3,8,11-13,18,29H,1,4-7,9-10,27H2,(H,31,33,34)/b15-8+. The van der Waals surface area contributed by atoms with Crippen molar-refractivity contribution in [3.63, 3.8) is 0 Å². The van der Waals surface area contributed by atoms with Crippen LogP contribution < -0.4 is 16.4 Å². The Morgan fingerprint density at radius 1 is 1.26 bits per heavy atom. The summed E-state index contributed by atoms with van der Waals surface area (Å²) in [5.74, 6) is 0.187. The topological polar surface area (TPSA) is 114 Å². The van der Waals surface area contributed by atoms with Crippen LogP contribution in [0.15, 0.2) is 36.0 Å². The smallest absolute Gasteiger partial charge is 0.254 e. The van der Waals surface area contributed by atoms with Crippen molar-refractivity contribution in [2.45, 2.75) is 56.5 Å². The number of aromatic nitrogens is 3. The van der Waals surface area contributed by atoms with Crippen LogP contribution in [0.25, 0.3) is 11.7 Å². The number of halogens is 1. The van der Waals surface area contributed by atoms with Gasteiger partial charge in [0.25, 0.3) is 5.91 Å². The first-order valence-electron chi connectivity index (χ1n) is 11.6. The van der Waals surface area contributed by atoms with E-state index in [1.807, 2.05) is 18.2 Å². The fourth-order valence-corrected chi connectivity index (χ4v) is 4.86. The fraction of sp³-hybridized carbons (Fsp3) is 0.360. The summed E-state index contributed by atoms with van der Waals surface area (Å²) < 4.78 is 1.75. The lowest BCUT2D eigenvalue weighted by Gasteiger charge is -2.38. The Morgan fingerprint density at radius 3 is 2.74 bits per heavy atom. The average Bonchev–Trinajstić information content (AvgIpc) is 3.42. The van der Waals surface area contributed by atoms with Crippen LogP contribution in [0.1, 0.15) is 60.9 Å². The number of hydrogen-bond acceptors (Lipinski definition) is 6. The zero-order valence-electron chi connectivity index (χ0n) is 18.6. The molecular formula is C25H25ClN6O2. The van der Waals surface area contributed by atoms with Gasteiger partial charge in [0.05, 0.1) is 18.3 Å². The van der Waals surface area contributed by atoms with Gasteiger partial charge in [-0.05, 0) is 55.4 Å². The molecule has 0 atom stereocenters. The number of anilines is 1. The minimum atomic E-state index is -0.368. The van der Waals surface area contributed by atoms with Crippen LogP contribution in [-0.2, 0) is 21.5 Å². The molecule has 9 heteroatoms. The highest BCUT2D eigenvalue weighted by molar-refractivity contribution is 6.31. The Morgan fingerprint density at radius 2 is 2.09 bits per heavy atom. The van der Waals surface area contributed by atoms with E-state index in [0.717, 1.165) is 54.7 Å². The first-order valence-corrected chi connectivity index (χ1v) is 12.0. The fourth-order valence-electron chi connectivity index (χ4n) is 4.61. The molecule has 1 saturated heterocycles. The summed E-state index contributed by atoms with van der Waals surface area (Å²) in [5.41, 5.74) is 10.8. The second-order valence-corrected chi connectivity index (χ2v) is 10.0. The van der Waals surface area contributed by atoms with Gasteiger partial charge in [-0.25, -0.2) is 4.98 Å². The summed E-state index contributed by atoms with van der Waals surface area (Å²) in [6, 6.07) is 8.53. The molecule has 0 radical (unpaired) electrons. The minimum Gasteiger partial charge on any atom is -0.367 e. The van der Waals surface area contributed by atoms with Gasteiger partial charge in [0.1, 0.15) is 5.82 Å². The van der Waals surface area contributed by atoms with Crippen LogP contribution in [0.3, 0.4) is 0 Å².